The van der Waals surface area contributed by atoms with E-state index < -0.39 is 52.0 Å². The second-order valence-corrected chi connectivity index (χ2v) is 12.2. The average Bonchev–Trinajstić information content (AvgIpc) is 2.91. The van der Waals surface area contributed by atoms with Crippen molar-refractivity contribution in [1.29, 1.82) is 0 Å². The van der Waals surface area contributed by atoms with Crippen molar-refractivity contribution in [2.75, 3.05) is 32.1 Å². The number of Topliss-reactive ketones (excluding diaryl/α,β-unsaturated/α-hetero) is 2. The van der Waals surface area contributed by atoms with E-state index in [4.69, 9.17) is 5.73 Å². The third-order valence-corrected chi connectivity index (χ3v) is 9.15. The maximum absolute atomic E-state index is 13.9. The summed E-state index contributed by atoms with van der Waals surface area (Å²) in [7, 11) is 3.76. The molecule has 10 nitrogen and oxygen atoms in total. The summed E-state index contributed by atoms with van der Waals surface area (Å²) in [4.78, 5) is 42.6. The maximum atomic E-state index is 13.9. The molecule has 0 spiro atoms. The molecular formula is C32H45N3O7. The minimum absolute atomic E-state index is 0.112. The van der Waals surface area contributed by atoms with Crippen molar-refractivity contribution in [3.63, 3.8) is 0 Å². The van der Waals surface area contributed by atoms with Crippen LogP contribution in [0.2, 0.25) is 0 Å². The standard InChI is InChI=1S/C32H45N3O7/c1-5-7-9-11-35(12-10-8-6-2)17-19-15-22(34(3)4)21-14-18-13-20-16-23(36)26(31(33)41)30(40)32(20,42)29(39)24(18)28(38)25(21)27(19)37/h15,18,20,37-38,40,42H,5-14,16-17H2,1-4H3,(H2,33,41)/t18-,20+,32+/m1/s1. The highest BCUT2D eigenvalue weighted by Gasteiger charge is 2.60. The fourth-order valence-corrected chi connectivity index (χ4v) is 6.92. The van der Waals surface area contributed by atoms with Gasteiger partial charge in [0.2, 0.25) is 5.78 Å². The Bertz CT molecular complexity index is 1320. The summed E-state index contributed by atoms with van der Waals surface area (Å²) < 4.78 is 0. The van der Waals surface area contributed by atoms with Gasteiger partial charge in [0.1, 0.15) is 22.8 Å². The fourth-order valence-electron chi connectivity index (χ4n) is 6.92. The predicted molar refractivity (Wildman–Crippen MR) is 160 cm³/mol. The topological polar surface area (TPSA) is 165 Å². The average molecular weight is 584 g/mol. The summed E-state index contributed by atoms with van der Waals surface area (Å²) in [5, 5.41) is 45.6. The normalized spacial score (nSPS) is 23.7. The van der Waals surface area contributed by atoms with Crippen molar-refractivity contribution in [2.24, 2.45) is 17.6 Å². The number of ketones is 2. The van der Waals surface area contributed by atoms with Crippen LogP contribution in [-0.4, -0.2) is 75.6 Å². The molecule has 10 heteroatoms. The van der Waals surface area contributed by atoms with Crippen LogP contribution in [0.1, 0.15) is 81.9 Å². The van der Waals surface area contributed by atoms with Gasteiger partial charge in [-0.05, 0) is 56.3 Å². The fraction of sp³-hybridized carbons (Fsp3) is 0.594. The Labute approximate surface area is 247 Å². The van der Waals surface area contributed by atoms with E-state index in [1.54, 1.807) is 0 Å². The molecule has 1 saturated carbocycles. The molecule has 3 atom stereocenters. The quantitative estimate of drug-likeness (QED) is 0.182. The number of amides is 1. The first kappa shape index (κ1) is 31.6. The highest BCUT2D eigenvalue weighted by molar-refractivity contribution is 6.22. The van der Waals surface area contributed by atoms with Crippen molar-refractivity contribution in [1.82, 2.24) is 4.90 Å². The number of aliphatic hydroxyl groups is 3. The first-order valence-electron chi connectivity index (χ1n) is 15.1. The number of aromatic hydroxyl groups is 1. The Morgan fingerprint density at radius 1 is 1.02 bits per heavy atom. The van der Waals surface area contributed by atoms with Gasteiger partial charge in [-0.15, -0.1) is 0 Å². The number of rotatable bonds is 12. The first-order valence-corrected chi connectivity index (χ1v) is 15.1. The zero-order valence-electron chi connectivity index (χ0n) is 25.2. The third-order valence-electron chi connectivity index (χ3n) is 9.15. The molecule has 42 heavy (non-hydrogen) atoms. The summed E-state index contributed by atoms with van der Waals surface area (Å²) in [5.74, 6) is -6.11. The zero-order valence-corrected chi connectivity index (χ0v) is 25.2. The van der Waals surface area contributed by atoms with E-state index in [1.165, 1.54) is 0 Å². The minimum Gasteiger partial charge on any atom is -0.508 e. The monoisotopic (exact) mass is 583 g/mol. The summed E-state index contributed by atoms with van der Waals surface area (Å²) in [5.41, 5.74) is 4.06. The lowest BCUT2D eigenvalue weighted by molar-refractivity contribution is -0.147. The summed E-state index contributed by atoms with van der Waals surface area (Å²) in [6, 6.07) is 1.94. The van der Waals surface area contributed by atoms with E-state index in [0.717, 1.165) is 57.3 Å². The Morgan fingerprint density at radius 3 is 2.19 bits per heavy atom. The lowest BCUT2D eigenvalue weighted by Crippen LogP contribution is -2.58. The number of hydrogen-bond donors (Lipinski definition) is 5. The van der Waals surface area contributed by atoms with Crippen LogP contribution in [0, 0.1) is 11.8 Å². The molecule has 0 saturated heterocycles. The number of fused-ring (bicyclic) bond motifs is 3. The van der Waals surface area contributed by atoms with E-state index in [-0.39, 0.29) is 36.1 Å². The molecule has 0 aliphatic heterocycles. The zero-order chi connectivity index (χ0) is 30.9. The van der Waals surface area contributed by atoms with Crippen LogP contribution in [0.25, 0.3) is 5.76 Å². The van der Waals surface area contributed by atoms with Gasteiger partial charge in [-0.2, -0.15) is 0 Å². The van der Waals surface area contributed by atoms with Crippen LogP contribution in [0.3, 0.4) is 0 Å². The van der Waals surface area contributed by atoms with Crippen LogP contribution >= 0.6 is 0 Å². The SMILES string of the molecule is CCCCCN(CCCCC)Cc1cc(N(C)C)c2c(c1O)C(O)=C1C(=O)[C@]3(O)C(O)=C(C(N)=O)C(=O)C[C@@H]3C[C@@H]1C2. The number of hydrogen-bond acceptors (Lipinski definition) is 9. The number of nitrogens with two attached hydrogens (primary N) is 1. The molecule has 1 aromatic carbocycles. The smallest absolute Gasteiger partial charge is 0.255 e. The van der Waals surface area contributed by atoms with E-state index in [9.17, 15) is 34.8 Å². The largest absolute Gasteiger partial charge is 0.508 e. The summed E-state index contributed by atoms with van der Waals surface area (Å²) in [6.45, 7) is 6.53. The summed E-state index contributed by atoms with van der Waals surface area (Å²) in [6.07, 6.45) is 6.54. The number of carbonyl (C=O) groups is 3. The maximum Gasteiger partial charge on any atom is 0.255 e. The van der Waals surface area contributed by atoms with Gasteiger partial charge in [0.05, 0.1) is 5.56 Å². The molecule has 1 amide bonds. The lowest BCUT2D eigenvalue weighted by Gasteiger charge is -2.46. The molecule has 6 N–H and O–H groups in total. The number of nitrogens with zero attached hydrogens (tertiary/aromatic N) is 2. The molecule has 3 aliphatic rings. The summed E-state index contributed by atoms with van der Waals surface area (Å²) >= 11 is 0. The van der Waals surface area contributed by atoms with Crippen molar-refractivity contribution in [3.8, 4) is 5.75 Å². The second-order valence-electron chi connectivity index (χ2n) is 12.2. The van der Waals surface area contributed by atoms with Gasteiger partial charge in [-0.25, -0.2) is 0 Å². The third kappa shape index (κ3) is 5.42. The molecule has 0 bridgehead atoms. The van der Waals surface area contributed by atoms with Gasteiger partial charge in [0.15, 0.2) is 11.4 Å². The Morgan fingerprint density at radius 2 is 1.64 bits per heavy atom. The van der Waals surface area contributed by atoms with Crippen LogP contribution in [-0.2, 0) is 27.3 Å². The van der Waals surface area contributed by atoms with Gasteiger partial charge in [0, 0.05) is 49.8 Å². The van der Waals surface area contributed by atoms with E-state index in [0.29, 0.717) is 17.7 Å². The second kappa shape index (κ2) is 12.5. The number of phenolic OH excluding ortho intramolecular Hbond substituents is 1. The highest BCUT2D eigenvalue weighted by atomic mass is 16.3. The van der Waals surface area contributed by atoms with Crippen LogP contribution in [0.15, 0.2) is 23.0 Å². The van der Waals surface area contributed by atoms with Crippen molar-refractivity contribution >= 4 is 28.9 Å². The Hall–Kier alpha value is -3.37. The molecule has 1 aromatic rings. The van der Waals surface area contributed by atoms with Gasteiger partial charge in [-0.3, -0.25) is 19.3 Å². The molecule has 0 aromatic heterocycles. The van der Waals surface area contributed by atoms with Crippen molar-refractivity contribution in [3.05, 3.63) is 39.7 Å². The number of phenols is 1. The van der Waals surface area contributed by atoms with E-state index in [1.807, 2.05) is 25.1 Å². The molecule has 4 rings (SSSR count). The number of primary amides is 1. The Kier molecular flexibility index (Phi) is 9.37. The minimum atomic E-state index is -2.57. The van der Waals surface area contributed by atoms with Gasteiger partial charge in [-0.1, -0.05) is 39.5 Å². The van der Waals surface area contributed by atoms with Crippen LogP contribution < -0.4 is 10.6 Å². The molecule has 1 fully saturated rings. The van der Waals surface area contributed by atoms with E-state index in [2.05, 4.69) is 18.7 Å². The predicted octanol–water partition coefficient (Wildman–Crippen LogP) is 3.67. The van der Waals surface area contributed by atoms with Crippen molar-refractivity contribution < 1.29 is 34.8 Å². The van der Waals surface area contributed by atoms with Crippen LogP contribution in [0.5, 0.6) is 5.75 Å². The molecular weight excluding hydrogens is 538 g/mol. The van der Waals surface area contributed by atoms with Crippen molar-refractivity contribution in [2.45, 2.75) is 83.8 Å². The van der Waals surface area contributed by atoms with Crippen LogP contribution in [0.4, 0.5) is 5.69 Å². The molecule has 0 radical (unpaired) electrons. The Balaban J connectivity index is 1.81. The number of unbranched alkanes of at least 4 members (excludes halogenated alkanes) is 4. The molecule has 3 aliphatic carbocycles. The number of benzene rings is 1. The number of carbonyl (C=O) groups excluding carboxylic acids is 3. The van der Waals surface area contributed by atoms with Gasteiger partial charge in [0.25, 0.3) is 5.91 Å². The van der Waals surface area contributed by atoms with Gasteiger partial charge >= 0.3 is 0 Å². The molecule has 230 valence electrons. The highest BCUT2D eigenvalue weighted by Crippen LogP contribution is 2.53. The lowest BCUT2D eigenvalue weighted by atomic mass is 9.59. The number of aliphatic hydroxyl groups excluding tert-OH is 2. The van der Waals surface area contributed by atoms with E-state index >= 15 is 0 Å². The molecule has 0 heterocycles. The number of anilines is 1. The first-order chi connectivity index (χ1) is 19.9. The molecule has 0 unspecified atom stereocenters. The van der Waals surface area contributed by atoms with Gasteiger partial charge < -0.3 is 31.1 Å².